The Morgan fingerprint density at radius 3 is 2.18 bits per heavy atom. The molecule has 2 aromatic carbocycles. The molecule has 0 spiro atoms. The van der Waals surface area contributed by atoms with Gasteiger partial charge in [-0.1, -0.05) is 77.9 Å². The van der Waals surface area contributed by atoms with Crippen LogP contribution in [0.25, 0.3) is 0 Å². The van der Waals surface area contributed by atoms with Crippen LogP contribution in [0.1, 0.15) is 83.6 Å². The molecule has 3 N–H and O–H groups in total. The van der Waals surface area contributed by atoms with Crippen LogP contribution < -0.4 is 20.5 Å². The summed E-state index contributed by atoms with van der Waals surface area (Å²) in [6, 6.07) is 14.3. The van der Waals surface area contributed by atoms with Gasteiger partial charge in [-0.15, -0.1) is 12.8 Å². The van der Waals surface area contributed by atoms with Gasteiger partial charge in [0.2, 0.25) is 5.88 Å². The van der Waals surface area contributed by atoms with Crippen molar-refractivity contribution in [3.63, 3.8) is 0 Å². The first-order valence-corrected chi connectivity index (χ1v) is 15.1. The van der Waals surface area contributed by atoms with Crippen molar-refractivity contribution in [3.8, 4) is 24.5 Å². The van der Waals surface area contributed by atoms with Gasteiger partial charge in [-0.2, -0.15) is 0 Å². The van der Waals surface area contributed by atoms with Crippen molar-refractivity contribution in [3.05, 3.63) is 88.3 Å². The number of carbonyl (C=O) groups is 2. The molecule has 0 radical (unpaired) electrons. The average molecular weight is 620 g/mol. The second-order valence-electron chi connectivity index (χ2n) is 8.48. The van der Waals surface area contributed by atoms with Crippen LogP contribution in [-0.4, -0.2) is 30.8 Å². The smallest absolute Gasteiger partial charge is 0.496 e. The van der Waals surface area contributed by atoms with Crippen LogP contribution >= 0.6 is 0 Å². The minimum absolute atomic E-state index is 0.0289. The highest BCUT2D eigenvalue weighted by molar-refractivity contribution is 5.99. The highest BCUT2D eigenvalue weighted by Gasteiger charge is 2.39. The van der Waals surface area contributed by atoms with E-state index in [1.807, 2.05) is 73.6 Å². The zero-order chi connectivity index (χ0) is 34.5. The van der Waals surface area contributed by atoms with Crippen molar-refractivity contribution in [1.82, 2.24) is 4.98 Å². The number of nitrogen functional groups attached to an aromatic ring is 1. The highest BCUT2D eigenvalue weighted by atomic mass is 16.7. The first-order chi connectivity index (χ1) is 21.8. The molecule has 0 saturated carbocycles. The Balaban J connectivity index is 0.00000224. The van der Waals surface area contributed by atoms with Crippen LogP contribution in [0.3, 0.4) is 0 Å². The molecule has 1 unspecified atom stereocenters. The molecule has 0 saturated heterocycles. The Hall–Kier alpha value is -4.97. The van der Waals surface area contributed by atoms with Crippen molar-refractivity contribution in [1.29, 1.82) is 0 Å². The second kappa shape index (κ2) is 21.7. The van der Waals surface area contributed by atoms with Crippen molar-refractivity contribution in [2.45, 2.75) is 74.8 Å². The monoisotopic (exact) mass is 619 g/mol. The fraction of sp³-hybridized carbons (Fsp3) is 0.361. The number of ether oxygens (including phenoxy) is 4. The average Bonchev–Trinajstić information content (AvgIpc) is 3.08. The Bertz CT molecular complexity index is 1400. The van der Waals surface area contributed by atoms with Gasteiger partial charge in [0.05, 0.1) is 36.5 Å². The number of hydrogen-bond donors (Lipinski definition) is 2. The minimum atomic E-state index is -1.10. The van der Waals surface area contributed by atoms with Gasteiger partial charge >= 0.3 is 12.1 Å². The van der Waals surface area contributed by atoms with Crippen LogP contribution in [-0.2, 0) is 20.9 Å². The van der Waals surface area contributed by atoms with E-state index in [2.05, 4.69) is 23.1 Å². The van der Waals surface area contributed by atoms with E-state index in [0.717, 1.165) is 16.8 Å². The molecule has 1 aromatic heterocycles. The molecule has 1 aliphatic rings. The lowest BCUT2D eigenvalue weighted by Crippen LogP contribution is -2.27. The fourth-order valence-electron chi connectivity index (χ4n) is 4.33. The normalized spacial score (nSPS) is 12.2. The summed E-state index contributed by atoms with van der Waals surface area (Å²) in [5.74, 6) is -0.771. The lowest BCUT2D eigenvalue weighted by molar-refractivity contribution is -0.135. The summed E-state index contributed by atoms with van der Waals surface area (Å²) in [4.78, 5) is 30.4. The molecule has 9 heteroatoms. The van der Waals surface area contributed by atoms with Gasteiger partial charge in [-0.05, 0) is 38.0 Å². The molecule has 244 valence electrons. The lowest BCUT2D eigenvalue weighted by Gasteiger charge is -2.32. The molecule has 4 rings (SSSR count). The van der Waals surface area contributed by atoms with Gasteiger partial charge in [0.1, 0.15) is 12.4 Å². The summed E-state index contributed by atoms with van der Waals surface area (Å²) >= 11 is 0. The number of rotatable bonds is 7. The van der Waals surface area contributed by atoms with Gasteiger partial charge in [-0.25, -0.2) is 14.6 Å². The summed E-state index contributed by atoms with van der Waals surface area (Å²) in [5, 5.41) is 3.28. The molecule has 0 bridgehead atoms. The van der Waals surface area contributed by atoms with E-state index in [-0.39, 0.29) is 12.2 Å². The number of allylic oxidation sites excluding steroid dienone is 1. The van der Waals surface area contributed by atoms with Crippen LogP contribution in [0.5, 0.6) is 11.6 Å². The number of carbonyl (C=O) groups excluding carboxylic acids is 2. The number of hydrogen-bond acceptors (Lipinski definition) is 9. The fourth-order valence-corrected chi connectivity index (χ4v) is 4.33. The van der Waals surface area contributed by atoms with Crippen molar-refractivity contribution in [2.75, 3.05) is 24.8 Å². The number of methoxy groups -OCH3 is 1. The van der Waals surface area contributed by atoms with Crippen LogP contribution in [0.4, 0.5) is 16.2 Å². The quantitative estimate of drug-likeness (QED) is 0.116. The largest absolute Gasteiger partial charge is 0.516 e. The molecule has 0 aliphatic carbocycles. The van der Waals surface area contributed by atoms with Gasteiger partial charge in [-0.3, -0.25) is 0 Å². The number of esters is 1. The van der Waals surface area contributed by atoms with E-state index in [1.165, 1.54) is 7.11 Å². The molecule has 1 aliphatic heterocycles. The standard InChI is InChI=1S/C28H29N3O6.3C2H6.C2H2/c1-5-35-26-24-23(20-12-11-19(29)13-21(20)34-4)22(17(3)31-25(24)16(2)14-30-26)27(32)37-28(33)36-15-18-9-7-6-8-10-18;4*1-2/h6-14,23,31H,5,15,29H2,1-4H3;3*1-2H3;1-2H. The van der Waals surface area contributed by atoms with Gasteiger partial charge in [0, 0.05) is 29.2 Å². The number of anilines is 2. The number of nitrogens with one attached hydrogen (secondary N) is 1. The first-order valence-electron chi connectivity index (χ1n) is 15.1. The van der Waals surface area contributed by atoms with Crippen LogP contribution in [0, 0.1) is 19.8 Å². The first kappa shape index (κ1) is 40.0. The number of benzene rings is 2. The molecule has 0 fully saturated rings. The van der Waals surface area contributed by atoms with E-state index in [0.29, 0.717) is 40.7 Å². The Morgan fingerprint density at radius 1 is 0.978 bits per heavy atom. The maximum absolute atomic E-state index is 13.5. The van der Waals surface area contributed by atoms with Gasteiger partial charge < -0.3 is 30.0 Å². The van der Waals surface area contributed by atoms with E-state index < -0.39 is 18.0 Å². The zero-order valence-electron chi connectivity index (χ0n) is 28.3. The number of aryl methyl sites for hydroxylation is 1. The number of nitrogens with zero attached hydrogens (tertiary/aromatic N) is 1. The highest BCUT2D eigenvalue weighted by Crippen LogP contribution is 2.49. The third-order valence-electron chi connectivity index (χ3n) is 6.01. The Kier molecular flexibility index (Phi) is 19.3. The molecule has 3 aromatic rings. The Morgan fingerprint density at radius 2 is 1.60 bits per heavy atom. The van der Waals surface area contributed by atoms with E-state index in [4.69, 9.17) is 24.7 Å². The predicted molar refractivity (Wildman–Crippen MR) is 182 cm³/mol. The topological polar surface area (TPSA) is 122 Å². The number of pyridine rings is 1. The molecule has 45 heavy (non-hydrogen) atoms. The molecular formula is C36H49N3O6. The summed E-state index contributed by atoms with van der Waals surface area (Å²) in [6.07, 6.45) is 8.60. The summed E-state index contributed by atoms with van der Waals surface area (Å²) < 4.78 is 21.8. The van der Waals surface area contributed by atoms with E-state index in [9.17, 15) is 9.59 Å². The number of aromatic nitrogens is 1. The maximum Gasteiger partial charge on any atom is 0.516 e. The third-order valence-corrected chi connectivity index (χ3v) is 6.01. The van der Waals surface area contributed by atoms with Crippen molar-refractivity contribution in [2.24, 2.45) is 0 Å². The summed E-state index contributed by atoms with van der Waals surface area (Å²) in [7, 11) is 1.52. The predicted octanol–water partition coefficient (Wildman–Crippen LogP) is 8.42. The van der Waals surface area contributed by atoms with Crippen molar-refractivity contribution >= 4 is 23.5 Å². The summed E-state index contributed by atoms with van der Waals surface area (Å²) in [5.41, 5.74) is 10.8. The van der Waals surface area contributed by atoms with Crippen molar-refractivity contribution < 1.29 is 28.5 Å². The second-order valence-corrected chi connectivity index (χ2v) is 8.48. The number of terminal acetylenes is 1. The lowest BCUT2D eigenvalue weighted by atomic mass is 9.80. The molecule has 2 heterocycles. The molecular weight excluding hydrogens is 570 g/mol. The Labute approximate surface area is 269 Å². The van der Waals surface area contributed by atoms with Gasteiger partial charge in [0.15, 0.2) is 0 Å². The SMILES string of the molecule is C#C.CC.CC.CC.CCOc1ncc(C)c2c1C(c1ccc(N)cc1OC)C(C(=O)OC(=O)OCc1ccccc1)=C(C)N2. The molecule has 1 atom stereocenters. The third kappa shape index (κ3) is 10.6. The number of fused-ring (bicyclic) bond motifs is 1. The molecule has 9 nitrogen and oxygen atoms in total. The van der Waals surface area contributed by atoms with Gasteiger partial charge in [0.25, 0.3) is 0 Å². The number of nitrogens with two attached hydrogens (primary N) is 1. The van der Waals surface area contributed by atoms with E-state index >= 15 is 0 Å². The maximum atomic E-state index is 13.5. The van der Waals surface area contributed by atoms with Crippen LogP contribution in [0.2, 0.25) is 0 Å². The summed E-state index contributed by atoms with van der Waals surface area (Å²) in [6.45, 7) is 17.8. The zero-order valence-corrected chi connectivity index (χ0v) is 28.3. The minimum Gasteiger partial charge on any atom is -0.496 e. The van der Waals surface area contributed by atoms with Crippen LogP contribution in [0.15, 0.2) is 66.0 Å². The van der Waals surface area contributed by atoms with E-state index in [1.54, 1.807) is 43.5 Å². The molecule has 0 amide bonds.